The van der Waals surface area contributed by atoms with Gasteiger partial charge in [-0.1, -0.05) is 68.4 Å². The lowest BCUT2D eigenvalue weighted by Gasteiger charge is -2.34. The van der Waals surface area contributed by atoms with Gasteiger partial charge in [0.1, 0.15) is 11.7 Å². The van der Waals surface area contributed by atoms with E-state index in [1.54, 1.807) is 0 Å². The van der Waals surface area contributed by atoms with Crippen molar-refractivity contribution in [1.82, 2.24) is 0 Å². The second-order valence-electron chi connectivity index (χ2n) is 9.41. The molecule has 1 N–H and O–H groups in total. The summed E-state index contributed by atoms with van der Waals surface area (Å²) < 4.78 is 5.66. The zero-order chi connectivity index (χ0) is 21.2. The first kappa shape index (κ1) is 20.5. The first-order valence-electron chi connectivity index (χ1n) is 10.7. The number of nitrogens with one attached hydrogen (secondary N) is 1. The van der Waals surface area contributed by atoms with Crippen molar-refractivity contribution in [3.8, 4) is 0 Å². The number of carbonyl (C=O) groups is 1. The molecular formula is C25H30N2O3. The van der Waals surface area contributed by atoms with Crippen LogP contribution in [0.4, 0.5) is 10.5 Å². The summed E-state index contributed by atoms with van der Waals surface area (Å²) in [6.07, 6.45) is 3.58. The number of amides is 1. The molecule has 1 aliphatic carbocycles. The Bertz CT molecular complexity index is 906. The van der Waals surface area contributed by atoms with Crippen LogP contribution in [0.25, 0.3) is 0 Å². The highest BCUT2D eigenvalue weighted by Crippen LogP contribution is 2.40. The monoisotopic (exact) mass is 406 g/mol. The van der Waals surface area contributed by atoms with E-state index in [2.05, 4.69) is 43.4 Å². The highest BCUT2D eigenvalue weighted by atomic mass is 16.7. The fourth-order valence-electron chi connectivity index (χ4n) is 4.16. The zero-order valence-electron chi connectivity index (χ0n) is 18.0. The molecule has 5 heteroatoms. The number of anilines is 1. The number of nitrogens with zero attached hydrogens (tertiary/aromatic N) is 1. The van der Waals surface area contributed by atoms with E-state index in [0.717, 1.165) is 49.1 Å². The first-order chi connectivity index (χ1) is 14.3. The molecule has 2 aromatic carbocycles. The molecule has 0 bridgehead atoms. The maximum atomic E-state index is 12.3. The summed E-state index contributed by atoms with van der Waals surface area (Å²) >= 11 is 0. The molecule has 0 atom stereocenters. The minimum atomic E-state index is -0.395. The highest BCUT2D eigenvalue weighted by Gasteiger charge is 2.43. The standard InChI is InChI=1S/C25H30N2O3/c1-24(2,3)19-9-11-20(12-10-19)26-23(28)29-21-13-15-25(16-14-21)17-22(27-30-25)18-7-5-4-6-8-18/h4-12,21H,13-17H2,1-3H3,(H,26,28). The molecular weight excluding hydrogens is 376 g/mol. The largest absolute Gasteiger partial charge is 0.446 e. The summed E-state index contributed by atoms with van der Waals surface area (Å²) in [4.78, 5) is 18.2. The zero-order valence-corrected chi connectivity index (χ0v) is 18.0. The van der Waals surface area contributed by atoms with Gasteiger partial charge in [-0.05, 0) is 54.4 Å². The number of hydrogen-bond donors (Lipinski definition) is 1. The van der Waals surface area contributed by atoms with Gasteiger partial charge in [-0.3, -0.25) is 5.32 Å². The van der Waals surface area contributed by atoms with Crippen LogP contribution in [0.15, 0.2) is 59.8 Å². The van der Waals surface area contributed by atoms with E-state index in [1.807, 2.05) is 42.5 Å². The molecule has 0 radical (unpaired) electrons. The summed E-state index contributed by atoms with van der Waals surface area (Å²) in [6, 6.07) is 18.1. The second-order valence-corrected chi connectivity index (χ2v) is 9.41. The van der Waals surface area contributed by atoms with E-state index >= 15 is 0 Å². The minimum Gasteiger partial charge on any atom is -0.446 e. The Morgan fingerprint density at radius 1 is 1.07 bits per heavy atom. The van der Waals surface area contributed by atoms with Crippen LogP contribution in [0.2, 0.25) is 0 Å². The van der Waals surface area contributed by atoms with Crippen molar-refractivity contribution in [3.05, 3.63) is 65.7 Å². The molecule has 4 rings (SSSR count). The van der Waals surface area contributed by atoms with Gasteiger partial charge >= 0.3 is 6.09 Å². The third-order valence-corrected chi connectivity index (χ3v) is 6.06. The van der Waals surface area contributed by atoms with Gasteiger partial charge in [0.05, 0.1) is 5.71 Å². The van der Waals surface area contributed by atoms with Crippen LogP contribution in [0.1, 0.15) is 64.0 Å². The Morgan fingerprint density at radius 2 is 1.73 bits per heavy atom. The van der Waals surface area contributed by atoms with Gasteiger partial charge in [0.15, 0.2) is 0 Å². The van der Waals surface area contributed by atoms with Crippen molar-refractivity contribution in [1.29, 1.82) is 0 Å². The van der Waals surface area contributed by atoms with E-state index < -0.39 is 6.09 Å². The molecule has 0 unspecified atom stereocenters. The van der Waals surface area contributed by atoms with Gasteiger partial charge in [0.2, 0.25) is 0 Å². The molecule has 5 nitrogen and oxygen atoms in total. The Kier molecular flexibility index (Phi) is 5.54. The third-order valence-electron chi connectivity index (χ3n) is 6.06. The van der Waals surface area contributed by atoms with Crippen molar-refractivity contribution in [2.75, 3.05) is 5.32 Å². The predicted octanol–water partition coefficient (Wildman–Crippen LogP) is 6.04. The van der Waals surface area contributed by atoms with Crippen LogP contribution in [-0.2, 0) is 15.0 Å². The van der Waals surface area contributed by atoms with Crippen LogP contribution in [-0.4, -0.2) is 23.5 Å². The van der Waals surface area contributed by atoms with Gasteiger partial charge in [0.25, 0.3) is 0 Å². The maximum Gasteiger partial charge on any atom is 0.411 e. The topological polar surface area (TPSA) is 59.9 Å². The number of ether oxygens (including phenoxy) is 1. The predicted molar refractivity (Wildman–Crippen MR) is 119 cm³/mol. The Hall–Kier alpha value is -2.82. The van der Waals surface area contributed by atoms with E-state index in [-0.39, 0.29) is 17.1 Å². The SMILES string of the molecule is CC(C)(C)c1ccc(NC(=O)OC2CCC3(CC2)CC(c2ccccc2)=NO3)cc1. The van der Waals surface area contributed by atoms with Crippen molar-refractivity contribution in [3.63, 3.8) is 0 Å². The number of rotatable bonds is 3. The molecule has 1 heterocycles. The van der Waals surface area contributed by atoms with Gasteiger partial charge in [0, 0.05) is 12.1 Å². The molecule has 158 valence electrons. The molecule has 2 aliphatic rings. The lowest BCUT2D eigenvalue weighted by molar-refractivity contribution is -0.0685. The maximum absolute atomic E-state index is 12.3. The molecule has 30 heavy (non-hydrogen) atoms. The van der Waals surface area contributed by atoms with E-state index in [4.69, 9.17) is 9.57 Å². The molecule has 1 aliphatic heterocycles. The fourth-order valence-corrected chi connectivity index (χ4v) is 4.16. The summed E-state index contributed by atoms with van der Waals surface area (Å²) in [6.45, 7) is 6.50. The summed E-state index contributed by atoms with van der Waals surface area (Å²) in [5.74, 6) is 0. The van der Waals surface area contributed by atoms with Gasteiger partial charge in [-0.2, -0.15) is 0 Å². The van der Waals surface area contributed by atoms with Gasteiger partial charge in [-0.15, -0.1) is 0 Å². The van der Waals surface area contributed by atoms with Crippen LogP contribution in [0.5, 0.6) is 0 Å². The Balaban J connectivity index is 1.26. The Morgan fingerprint density at radius 3 is 2.37 bits per heavy atom. The lowest BCUT2D eigenvalue weighted by Crippen LogP contribution is -2.38. The van der Waals surface area contributed by atoms with Gasteiger partial charge < -0.3 is 9.57 Å². The van der Waals surface area contributed by atoms with Crippen LogP contribution < -0.4 is 5.32 Å². The van der Waals surface area contributed by atoms with Crippen molar-refractivity contribution < 1.29 is 14.4 Å². The van der Waals surface area contributed by atoms with E-state index in [9.17, 15) is 4.79 Å². The lowest BCUT2D eigenvalue weighted by atomic mass is 9.79. The summed E-state index contributed by atoms with van der Waals surface area (Å²) in [5.41, 5.74) is 3.94. The third kappa shape index (κ3) is 4.66. The molecule has 1 amide bonds. The number of oxime groups is 1. The highest BCUT2D eigenvalue weighted by molar-refractivity contribution is 6.01. The molecule has 2 aromatic rings. The minimum absolute atomic E-state index is 0.0868. The van der Waals surface area contributed by atoms with Gasteiger partial charge in [-0.25, -0.2) is 4.79 Å². The number of hydrogen-bond acceptors (Lipinski definition) is 4. The van der Waals surface area contributed by atoms with E-state index in [1.165, 1.54) is 5.56 Å². The van der Waals surface area contributed by atoms with Crippen LogP contribution in [0, 0.1) is 0 Å². The summed E-state index contributed by atoms with van der Waals surface area (Å²) in [5, 5.41) is 7.19. The van der Waals surface area contributed by atoms with Crippen LogP contribution >= 0.6 is 0 Å². The Labute approximate surface area is 178 Å². The fraction of sp³-hybridized carbons (Fsp3) is 0.440. The molecule has 1 fully saturated rings. The molecule has 0 aromatic heterocycles. The van der Waals surface area contributed by atoms with Crippen molar-refractivity contribution in [2.45, 2.75) is 70.0 Å². The smallest absolute Gasteiger partial charge is 0.411 e. The molecule has 0 saturated heterocycles. The second kappa shape index (κ2) is 8.13. The molecule has 1 spiro atoms. The average Bonchev–Trinajstić information content (AvgIpc) is 3.14. The average molecular weight is 407 g/mol. The molecule has 1 saturated carbocycles. The number of carbonyl (C=O) groups excluding carboxylic acids is 1. The first-order valence-corrected chi connectivity index (χ1v) is 10.7. The van der Waals surface area contributed by atoms with Crippen molar-refractivity contribution in [2.24, 2.45) is 5.16 Å². The van der Waals surface area contributed by atoms with Crippen LogP contribution in [0.3, 0.4) is 0 Å². The van der Waals surface area contributed by atoms with Crippen molar-refractivity contribution >= 4 is 17.5 Å². The number of benzene rings is 2. The van der Waals surface area contributed by atoms with E-state index in [0.29, 0.717) is 0 Å². The summed E-state index contributed by atoms with van der Waals surface area (Å²) in [7, 11) is 0. The normalized spacial score (nSPS) is 23.6. The quantitative estimate of drug-likeness (QED) is 0.676.